The Hall–Kier alpha value is -1.90. The predicted molar refractivity (Wildman–Crippen MR) is 61.7 cm³/mol. The van der Waals surface area contributed by atoms with Crippen molar-refractivity contribution < 1.29 is 14.3 Å². The third-order valence-corrected chi connectivity index (χ3v) is 2.02. The van der Waals surface area contributed by atoms with Crippen LogP contribution in [0.4, 0.5) is 0 Å². The van der Waals surface area contributed by atoms with Crippen LogP contribution in [0.3, 0.4) is 0 Å². The summed E-state index contributed by atoms with van der Waals surface area (Å²) >= 11 is 0. The highest BCUT2D eigenvalue weighted by Gasteiger charge is 2.02. The zero-order valence-electron chi connectivity index (χ0n) is 9.40. The number of allylic oxidation sites excluding steroid dienone is 1. The lowest BCUT2D eigenvalue weighted by molar-refractivity contribution is -0.144. The largest absolute Gasteiger partial charge is 0.457 e. The molecular formula is C13H14O3. The van der Waals surface area contributed by atoms with E-state index in [1.807, 2.05) is 37.3 Å². The molecule has 1 aromatic rings. The van der Waals surface area contributed by atoms with Crippen LogP contribution < -0.4 is 0 Å². The third kappa shape index (κ3) is 4.09. The van der Waals surface area contributed by atoms with E-state index in [1.165, 1.54) is 13.0 Å². The van der Waals surface area contributed by atoms with Crippen LogP contribution in [-0.4, -0.2) is 18.4 Å². The minimum Gasteiger partial charge on any atom is -0.457 e. The Morgan fingerprint density at radius 3 is 2.38 bits per heavy atom. The van der Waals surface area contributed by atoms with E-state index in [4.69, 9.17) is 0 Å². The van der Waals surface area contributed by atoms with Crippen LogP contribution in [0.5, 0.6) is 0 Å². The Morgan fingerprint density at radius 1 is 1.19 bits per heavy atom. The number of esters is 1. The van der Waals surface area contributed by atoms with Crippen molar-refractivity contribution in [3.05, 3.63) is 42.0 Å². The van der Waals surface area contributed by atoms with E-state index >= 15 is 0 Å². The van der Waals surface area contributed by atoms with Gasteiger partial charge < -0.3 is 4.74 Å². The molecule has 0 saturated heterocycles. The summed E-state index contributed by atoms with van der Waals surface area (Å²) < 4.78 is 4.61. The Labute approximate surface area is 94.7 Å². The van der Waals surface area contributed by atoms with E-state index in [1.54, 1.807) is 0 Å². The van der Waals surface area contributed by atoms with Crippen LogP contribution in [0.1, 0.15) is 19.4 Å². The van der Waals surface area contributed by atoms with Crippen molar-refractivity contribution in [3.63, 3.8) is 0 Å². The summed E-state index contributed by atoms with van der Waals surface area (Å²) in [5.74, 6) is -0.657. The standard InChI is InChI=1S/C13H14O3/c1-10(12-6-4-3-5-7-12)8-13(15)9-16-11(2)14/h3-8H,9H2,1-2H3/b10-8-. The number of hydrogen-bond acceptors (Lipinski definition) is 3. The van der Waals surface area contributed by atoms with Gasteiger partial charge in [0, 0.05) is 6.92 Å². The molecule has 0 radical (unpaired) electrons. The highest BCUT2D eigenvalue weighted by atomic mass is 16.5. The molecule has 0 aliphatic carbocycles. The molecule has 1 aromatic carbocycles. The van der Waals surface area contributed by atoms with Gasteiger partial charge in [-0.25, -0.2) is 0 Å². The second kappa shape index (κ2) is 5.85. The van der Waals surface area contributed by atoms with E-state index in [-0.39, 0.29) is 12.4 Å². The Kier molecular flexibility index (Phi) is 4.45. The molecule has 0 heterocycles. The smallest absolute Gasteiger partial charge is 0.303 e. The molecule has 0 N–H and O–H groups in total. The van der Waals surface area contributed by atoms with Gasteiger partial charge in [-0.15, -0.1) is 0 Å². The van der Waals surface area contributed by atoms with Crippen molar-refractivity contribution in [2.75, 3.05) is 6.61 Å². The van der Waals surface area contributed by atoms with Crippen molar-refractivity contribution in [1.29, 1.82) is 0 Å². The maximum Gasteiger partial charge on any atom is 0.303 e. The summed E-state index contributed by atoms with van der Waals surface area (Å²) in [6, 6.07) is 9.57. The number of hydrogen-bond donors (Lipinski definition) is 0. The first-order valence-corrected chi connectivity index (χ1v) is 4.99. The SMILES string of the molecule is CC(=O)OCC(=O)/C=C(/C)c1ccccc1. The van der Waals surface area contributed by atoms with Crippen molar-refractivity contribution in [2.24, 2.45) is 0 Å². The van der Waals surface area contributed by atoms with Gasteiger partial charge in [-0.3, -0.25) is 9.59 Å². The average molecular weight is 218 g/mol. The lowest BCUT2D eigenvalue weighted by Gasteiger charge is -2.01. The molecule has 0 atom stereocenters. The van der Waals surface area contributed by atoms with E-state index in [0.29, 0.717) is 0 Å². The zero-order valence-corrected chi connectivity index (χ0v) is 9.40. The molecule has 0 aliphatic rings. The van der Waals surface area contributed by atoms with Gasteiger partial charge in [0.25, 0.3) is 0 Å². The fourth-order valence-corrected chi connectivity index (χ4v) is 1.24. The Balaban J connectivity index is 2.63. The van der Waals surface area contributed by atoms with Gasteiger partial charge in [0.15, 0.2) is 12.4 Å². The van der Waals surface area contributed by atoms with Gasteiger partial charge in [-0.1, -0.05) is 30.3 Å². The molecular weight excluding hydrogens is 204 g/mol. The number of benzene rings is 1. The molecule has 84 valence electrons. The second-order valence-electron chi connectivity index (χ2n) is 3.44. The van der Waals surface area contributed by atoms with Crippen LogP contribution in [0.25, 0.3) is 5.57 Å². The van der Waals surface area contributed by atoms with Gasteiger partial charge >= 0.3 is 5.97 Å². The highest BCUT2D eigenvalue weighted by molar-refractivity contribution is 5.97. The fraction of sp³-hybridized carbons (Fsp3) is 0.231. The molecule has 0 aliphatic heterocycles. The number of carbonyl (C=O) groups is 2. The van der Waals surface area contributed by atoms with E-state index in [0.717, 1.165) is 11.1 Å². The first-order valence-electron chi connectivity index (χ1n) is 4.99. The second-order valence-corrected chi connectivity index (χ2v) is 3.44. The molecule has 16 heavy (non-hydrogen) atoms. The molecule has 0 spiro atoms. The summed E-state index contributed by atoms with van der Waals surface area (Å²) in [5, 5.41) is 0. The van der Waals surface area contributed by atoms with E-state index in [9.17, 15) is 9.59 Å². The van der Waals surface area contributed by atoms with Crippen LogP contribution in [0.2, 0.25) is 0 Å². The van der Waals surface area contributed by atoms with Crippen LogP contribution in [0, 0.1) is 0 Å². The van der Waals surface area contributed by atoms with Crippen molar-refractivity contribution >= 4 is 17.3 Å². The van der Waals surface area contributed by atoms with Crippen LogP contribution >= 0.6 is 0 Å². The molecule has 0 unspecified atom stereocenters. The number of rotatable bonds is 4. The monoisotopic (exact) mass is 218 g/mol. The molecule has 0 amide bonds. The maximum atomic E-state index is 11.4. The van der Waals surface area contributed by atoms with Crippen molar-refractivity contribution in [3.8, 4) is 0 Å². The molecule has 1 rings (SSSR count). The quantitative estimate of drug-likeness (QED) is 0.575. The summed E-state index contributed by atoms with van der Waals surface area (Å²) in [6.07, 6.45) is 1.48. The lowest BCUT2D eigenvalue weighted by Crippen LogP contribution is -2.09. The summed E-state index contributed by atoms with van der Waals surface area (Å²) in [4.78, 5) is 21.9. The summed E-state index contributed by atoms with van der Waals surface area (Å²) in [6.45, 7) is 2.93. The maximum absolute atomic E-state index is 11.4. The van der Waals surface area contributed by atoms with Gasteiger partial charge in [-0.05, 0) is 24.1 Å². The topological polar surface area (TPSA) is 43.4 Å². The molecule has 0 aromatic heterocycles. The first-order chi connectivity index (χ1) is 7.59. The molecule has 0 fully saturated rings. The highest BCUT2D eigenvalue weighted by Crippen LogP contribution is 2.12. The zero-order chi connectivity index (χ0) is 12.0. The third-order valence-electron chi connectivity index (χ3n) is 2.02. The minimum absolute atomic E-state index is 0.195. The van der Waals surface area contributed by atoms with Crippen molar-refractivity contribution in [1.82, 2.24) is 0 Å². The van der Waals surface area contributed by atoms with Crippen molar-refractivity contribution in [2.45, 2.75) is 13.8 Å². The van der Waals surface area contributed by atoms with Crippen LogP contribution in [0.15, 0.2) is 36.4 Å². The predicted octanol–water partition coefficient (Wildman–Crippen LogP) is 2.22. The van der Waals surface area contributed by atoms with E-state index < -0.39 is 5.97 Å². The van der Waals surface area contributed by atoms with Gasteiger partial charge in [0.05, 0.1) is 0 Å². The fourth-order valence-electron chi connectivity index (χ4n) is 1.24. The first kappa shape index (κ1) is 12.2. The lowest BCUT2D eigenvalue weighted by atomic mass is 10.1. The van der Waals surface area contributed by atoms with Gasteiger partial charge in [0.1, 0.15) is 0 Å². The average Bonchev–Trinajstić information content (AvgIpc) is 2.27. The minimum atomic E-state index is -0.445. The number of ketones is 1. The Morgan fingerprint density at radius 2 is 1.81 bits per heavy atom. The molecule has 3 heteroatoms. The van der Waals surface area contributed by atoms with Gasteiger partial charge in [-0.2, -0.15) is 0 Å². The normalized spacial score (nSPS) is 11.0. The molecule has 0 saturated carbocycles. The van der Waals surface area contributed by atoms with Gasteiger partial charge in [0.2, 0.25) is 0 Å². The van der Waals surface area contributed by atoms with Crippen LogP contribution in [-0.2, 0) is 14.3 Å². The molecule has 3 nitrogen and oxygen atoms in total. The summed E-state index contributed by atoms with van der Waals surface area (Å²) in [7, 11) is 0. The van der Waals surface area contributed by atoms with E-state index in [2.05, 4.69) is 4.74 Å². The number of carbonyl (C=O) groups excluding carboxylic acids is 2. The Bertz CT molecular complexity index is 404. The molecule has 0 bridgehead atoms. The summed E-state index contributed by atoms with van der Waals surface area (Å²) in [5.41, 5.74) is 1.84. The number of ether oxygens (including phenoxy) is 1.